The minimum Gasteiger partial charge on any atom is -0.494 e. The van der Waals surface area contributed by atoms with Crippen molar-refractivity contribution >= 4 is 0 Å². The van der Waals surface area contributed by atoms with Crippen LogP contribution in [0.15, 0.2) is 18.2 Å². The van der Waals surface area contributed by atoms with Gasteiger partial charge < -0.3 is 10.5 Å². The number of benzene rings is 1. The molecule has 0 atom stereocenters. The topological polar surface area (TPSA) is 35.2 Å². The normalized spacial score (nSPS) is 28.1. The highest BCUT2D eigenvalue weighted by molar-refractivity contribution is 5.30. The summed E-state index contributed by atoms with van der Waals surface area (Å²) in [6, 6.07) is 4.73. The summed E-state index contributed by atoms with van der Waals surface area (Å²) in [4.78, 5) is 0. The van der Waals surface area contributed by atoms with E-state index in [-0.39, 0.29) is 18.2 Å². The Morgan fingerprint density at radius 2 is 2.06 bits per heavy atom. The highest BCUT2D eigenvalue weighted by atomic mass is 19.1. The summed E-state index contributed by atoms with van der Waals surface area (Å²) in [5.74, 6) is -0.247. The van der Waals surface area contributed by atoms with Crippen LogP contribution in [0, 0.1) is 5.82 Å². The summed E-state index contributed by atoms with van der Waals surface area (Å²) in [6.45, 7) is 0. The first-order valence-electron chi connectivity index (χ1n) is 6.29. The molecule has 1 saturated carbocycles. The van der Waals surface area contributed by atoms with Crippen molar-refractivity contribution < 1.29 is 13.5 Å². The van der Waals surface area contributed by atoms with E-state index < -0.39 is 11.5 Å². The Bertz CT molecular complexity index is 414. The Hall–Kier alpha value is -1.16. The lowest BCUT2D eigenvalue weighted by Gasteiger charge is -2.32. The SMILES string of the molecule is COc1ccc(CC2(F)CCC(N)CC2)cc1F. The maximum atomic E-state index is 14.5. The molecular weight excluding hydrogens is 236 g/mol. The molecule has 0 radical (unpaired) electrons. The van der Waals surface area contributed by atoms with E-state index in [1.54, 1.807) is 12.1 Å². The summed E-state index contributed by atoms with van der Waals surface area (Å²) >= 11 is 0. The molecule has 1 fully saturated rings. The Morgan fingerprint density at radius 3 is 2.61 bits per heavy atom. The van der Waals surface area contributed by atoms with E-state index in [1.807, 2.05) is 0 Å². The smallest absolute Gasteiger partial charge is 0.165 e. The van der Waals surface area contributed by atoms with Crippen LogP contribution in [-0.4, -0.2) is 18.8 Å². The Balaban J connectivity index is 2.07. The van der Waals surface area contributed by atoms with E-state index in [2.05, 4.69) is 0 Å². The number of rotatable bonds is 3. The van der Waals surface area contributed by atoms with Crippen LogP contribution >= 0.6 is 0 Å². The number of methoxy groups -OCH3 is 1. The third-order valence-corrected chi connectivity index (χ3v) is 3.66. The molecule has 4 heteroatoms. The van der Waals surface area contributed by atoms with Crippen molar-refractivity contribution in [3.8, 4) is 5.75 Å². The van der Waals surface area contributed by atoms with Gasteiger partial charge in [0.1, 0.15) is 5.67 Å². The van der Waals surface area contributed by atoms with Crippen LogP contribution in [-0.2, 0) is 6.42 Å². The third-order valence-electron chi connectivity index (χ3n) is 3.66. The van der Waals surface area contributed by atoms with Crippen molar-refractivity contribution in [2.45, 2.75) is 43.8 Å². The standard InChI is InChI=1S/C14H19F2NO/c1-18-13-3-2-10(8-12(13)15)9-14(16)6-4-11(17)5-7-14/h2-3,8,11H,4-7,9,17H2,1H3. The molecule has 0 amide bonds. The van der Waals surface area contributed by atoms with Gasteiger partial charge in [0.05, 0.1) is 7.11 Å². The maximum Gasteiger partial charge on any atom is 0.165 e. The first kappa shape index (κ1) is 13.3. The van der Waals surface area contributed by atoms with E-state index in [4.69, 9.17) is 10.5 Å². The summed E-state index contributed by atoms with van der Waals surface area (Å²) in [6.07, 6.45) is 2.58. The summed E-state index contributed by atoms with van der Waals surface area (Å²) in [5, 5.41) is 0. The number of hydrogen-bond acceptors (Lipinski definition) is 2. The Morgan fingerprint density at radius 1 is 1.39 bits per heavy atom. The van der Waals surface area contributed by atoms with Gasteiger partial charge >= 0.3 is 0 Å². The van der Waals surface area contributed by atoms with E-state index in [1.165, 1.54) is 13.2 Å². The van der Waals surface area contributed by atoms with E-state index in [0.717, 1.165) is 0 Å². The van der Waals surface area contributed by atoms with E-state index in [9.17, 15) is 8.78 Å². The fraction of sp³-hybridized carbons (Fsp3) is 0.571. The molecule has 18 heavy (non-hydrogen) atoms. The van der Waals surface area contributed by atoms with Crippen LogP contribution in [0.3, 0.4) is 0 Å². The first-order valence-corrected chi connectivity index (χ1v) is 6.29. The van der Waals surface area contributed by atoms with Gasteiger partial charge in [-0.1, -0.05) is 6.07 Å². The maximum absolute atomic E-state index is 14.5. The molecule has 0 saturated heterocycles. The molecule has 0 bridgehead atoms. The molecular formula is C14H19F2NO. The predicted octanol–water partition coefficient (Wildman–Crippen LogP) is 2.99. The fourth-order valence-corrected chi connectivity index (χ4v) is 2.52. The molecule has 1 aromatic carbocycles. The second-order valence-corrected chi connectivity index (χ2v) is 5.13. The fourth-order valence-electron chi connectivity index (χ4n) is 2.52. The number of hydrogen-bond donors (Lipinski definition) is 1. The van der Waals surface area contributed by atoms with Crippen LogP contribution < -0.4 is 10.5 Å². The van der Waals surface area contributed by atoms with Gasteiger partial charge in [-0.3, -0.25) is 0 Å². The lowest BCUT2D eigenvalue weighted by atomic mass is 9.80. The zero-order valence-electron chi connectivity index (χ0n) is 10.6. The Labute approximate surface area is 106 Å². The summed E-state index contributed by atoms with van der Waals surface area (Å²) in [5.41, 5.74) is 5.20. The molecule has 0 aromatic heterocycles. The molecule has 2 N–H and O–H groups in total. The molecule has 0 spiro atoms. The number of halogens is 2. The van der Waals surface area contributed by atoms with Crippen LogP contribution in [0.5, 0.6) is 5.75 Å². The second kappa shape index (κ2) is 5.22. The average Bonchev–Trinajstić information content (AvgIpc) is 2.34. The summed E-state index contributed by atoms with van der Waals surface area (Å²) < 4.78 is 32.9. The minimum absolute atomic E-state index is 0.112. The minimum atomic E-state index is -1.24. The molecule has 1 aromatic rings. The first-order chi connectivity index (χ1) is 8.52. The molecule has 0 unspecified atom stereocenters. The van der Waals surface area contributed by atoms with E-state index in [0.29, 0.717) is 31.2 Å². The highest BCUT2D eigenvalue weighted by Gasteiger charge is 2.34. The molecule has 2 rings (SSSR count). The molecule has 100 valence electrons. The lowest BCUT2D eigenvalue weighted by molar-refractivity contribution is 0.0994. The van der Waals surface area contributed by atoms with Crippen molar-refractivity contribution in [1.82, 2.24) is 0 Å². The average molecular weight is 255 g/mol. The zero-order chi connectivity index (χ0) is 13.2. The van der Waals surface area contributed by atoms with Crippen LogP contribution in [0.1, 0.15) is 31.2 Å². The van der Waals surface area contributed by atoms with Crippen LogP contribution in [0.25, 0.3) is 0 Å². The lowest BCUT2D eigenvalue weighted by Crippen LogP contribution is -2.37. The monoisotopic (exact) mass is 255 g/mol. The van der Waals surface area contributed by atoms with Gasteiger partial charge in [-0.2, -0.15) is 0 Å². The van der Waals surface area contributed by atoms with Crippen molar-refractivity contribution in [3.05, 3.63) is 29.6 Å². The molecule has 0 heterocycles. The largest absolute Gasteiger partial charge is 0.494 e. The van der Waals surface area contributed by atoms with E-state index >= 15 is 0 Å². The molecule has 0 aliphatic heterocycles. The third kappa shape index (κ3) is 2.99. The second-order valence-electron chi connectivity index (χ2n) is 5.13. The van der Waals surface area contributed by atoms with Gasteiger partial charge in [-0.15, -0.1) is 0 Å². The molecule has 1 aliphatic carbocycles. The van der Waals surface area contributed by atoms with Crippen molar-refractivity contribution in [2.24, 2.45) is 5.73 Å². The van der Waals surface area contributed by atoms with Crippen molar-refractivity contribution in [3.63, 3.8) is 0 Å². The van der Waals surface area contributed by atoms with Gasteiger partial charge in [0.15, 0.2) is 11.6 Å². The molecule has 2 nitrogen and oxygen atoms in total. The van der Waals surface area contributed by atoms with Crippen LogP contribution in [0.2, 0.25) is 0 Å². The van der Waals surface area contributed by atoms with Crippen molar-refractivity contribution in [2.75, 3.05) is 7.11 Å². The van der Waals surface area contributed by atoms with Crippen molar-refractivity contribution in [1.29, 1.82) is 0 Å². The molecule has 1 aliphatic rings. The highest BCUT2D eigenvalue weighted by Crippen LogP contribution is 2.35. The summed E-state index contributed by atoms with van der Waals surface area (Å²) in [7, 11) is 1.41. The number of alkyl halides is 1. The number of ether oxygens (including phenoxy) is 1. The van der Waals surface area contributed by atoms with Gasteiger partial charge in [-0.05, 0) is 43.4 Å². The quantitative estimate of drug-likeness (QED) is 0.901. The van der Waals surface area contributed by atoms with Gasteiger partial charge in [0, 0.05) is 12.5 Å². The van der Waals surface area contributed by atoms with Crippen LogP contribution in [0.4, 0.5) is 8.78 Å². The number of nitrogens with two attached hydrogens (primary N) is 1. The zero-order valence-corrected chi connectivity index (χ0v) is 10.6. The predicted molar refractivity (Wildman–Crippen MR) is 66.9 cm³/mol. The van der Waals surface area contributed by atoms with Gasteiger partial charge in [0.2, 0.25) is 0 Å². The van der Waals surface area contributed by atoms with Gasteiger partial charge in [-0.25, -0.2) is 8.78 Å². The Kier molecular flexibility index (Phi) is 3.85. The van der Waals surface area contributed by atoms with Gasteiger partial charge in [0.25, 0.3) is 0 Å².